The van der Waals surface area contributed by atoms with E-state index >= 15 is 0 Å². The van der Waals surface area contributed by atoms with Gasteiger partial charge in [-0.3, -0.25) is 10.1 Å². The van der Waals surface area contributed by atoms with E-state index in [0.717, 1.165) is 5.56 Å². The molecule has 108 valence electrons. The second kappa shape index (κ2) is 8.18. The lowest BCUT2D eigenvalue weighted by Gasteiger charge is -2.10. The quantitative estimate of drug-likeness (QED) is 0.343. The second-order valence-corrected chi connectivity index (χ2v) is 4.75. The molecule has 5 nitrogen and oxygen atoms in total. The van der Waals surface area contributed by atoms with Gasteiger partial charge in [-0.2, -0.15) is 0 Å². The number of benzene rings is 1. The van der Waals surface area contributed by atoms with Crippen LogP contribution >= 0.6 is 0 Å². The Kier molecular flexibility index (Phi) is 6.54. The van der Waals surface area contributed by atoms with Crippen LogP contribution in [0.15, 0.2) is 18.2 Å². The number of unbranched alkanes of at least 4 members (excludes halogenated alkanes) is 1. The summed E-state index contributed by atoms with van der Waals surface area (Å²) in [6, 6.07) is 5.35. The molecule has 0 fully saturated rings. The summed E-state index contributed by atoms with van der Waals surface area (Å²) < 4.78 is 5.42. The van der Waals surface area contributed by atoms with Crippen molar-refractivity contribution < 1.29 is 9.66 Å². The third kappa shape index (κ3) is 5.29. The third-order valence-electron chi connectivity index (χ3n) is 2.66. The van der Waals surface area contributed by atoms with E-state index in [9.17, 15) is 10.1 Å². The predicted octanol–water partition coefficient (Wildman–Crippen LogP) is 2.89. The first-order valence-electron chi connectivity index (χ1n) is 6.61. The zero-order valence-electron chi connectivity index (χ0n) is 11.9. The van der Waals surface area contributed by atoms with E-state index in [1.54, 1.807) is 12.1 Å². The molecule has 0 aliphatic heterocycles. The van der Waals surface area contributed by atoms with Crippen molar-refractivity contribution in [2.24, 2.45) is 0 Å². The molecule has 0 bridgehead atoms. The van der Waals surface area contributed by atoms with Crippen molar-refractivity contribution in [2.75, 3.05) is 6.61 Å². The topological polar surface area (TPSA) is 64.4 Å². The molecule has 0 aliphatic carbocycles. The molecule has 1 rings (SSSR count). The molecule has 0 saturated carbocycles. The van der Waals surface area contributed by atoms with Crippen molar-refractivity contribution in [1.82, 2.24) is 5.32 Å². The number of ether oxygens (including phenoxy) is 1. The first-order valence-corrected chi connectivity index (χ1v) is 6.61. The molecule has 20 heavy (non-hydrogen) atoms. The Hall–Kier alpha value is -2.06. The van der Waals surface area contributed by atoms with E-state index in [2.05, 4.69) is 11.2 Å². The summed E-state index contributed by atoms with van der Waals surface area (Å²) in [5.41, 5.74) is 0.857. The summed E-state index contributed by atoms with van der Waals surface area (Å²) in [5, 5.41) is 14.3. The zero-order chi connectivity index (χ0) is 15.0. The minimum absolute atomic E-state index is 0.00577. The fourth-order valence-corrected chi connectivity index (χ4v) is 1.62. The molecule has 0 radical (unpaired) electrons. The molecule has 0 unspecified atom stereocenters. The first-order chi connectivity index (χ1) is 9.54. The van der Waals surface area contributed by atoms with Crippen LogP contribution in [0.4, 0.5) is 5.69 Å². The summed E-state index contributed by atoms with van der Waals surface area (Å²) >= 11 is 0. The molecule has 0 saturated heterocycles. The van der Waals surface area contributed by atoms with Gasteiger partial charge in [-0.15, -0.1) is 12.3 Å². The molecule has 0 spiro atoms. The largest absolute Gasteiger partial charge is 0.487 e. The van der Waals surface area contributed by atoms with Crippen molar-refractivity contribution in [2.45, 2.75) is 39.3 Å². The summed E-state index contributed by atoms with van der Waals surface area (Å²) in [7, 11) is 0. The molecule has 5 heteroatoms. The van der Waals surface area contributed by atoms with Gasteiger partial charge in [0.1, 0.15) is 0 Å². The molecule has 0 heterocycles. The molecule has 0 aromatic heterocycles. The van der Waals surface area contributed by atoms with Crippen LogP contribution < -0.4 is 10.1 Å². The number of nitro groups is 1. The Balaban J connectivity index is 2.74. The van der Waals surface area contributed by atoms with Gasteiger partial charge in [0, 0.05) is 25.1 Å². The van der Waals surface area contributed by atoms with Gasteiger partial charge in [-0.05, 0) is 18.1 Å². The van der Waals surface area contributed by atoms with Crippen molar-refractivity contribution >= 4 is 5.69 Å². The number of rotatable bonds is 8. The van der Waals surface area contributed by atoms with Crippen LogP contribution in [0.1, 0.15) is 32.3 Å². The third-order valence-corrected chi connectivity index (χ3v) is 2.66. The van der Waals surface area contributed by atoms with E-state index in [4.69, 9.17) is 11.2 Å². The van der Waals surface area contributed by atoms with Gasteiger partial charge >= 0.3 is 5.69 Å². The highest BCUT2D eigenvalue weighted by Gasteiger charge is 2.15. The normalized spacial score (nSPS) is 10.3. The maximum atomic E-state index is 11.1. The van der Waals surface area contributed by atoms with Crippen LogP contribution in [0.2, 0.25) is 0 Å². The monoisotopic (exact) mass is 276 g/mol. The van der Waals surface area contributed by atoms with E-state index in [-0.39, 0.29) is 5.69 Å². The molecule has 1 N–H and O–H groups in total. The van der Waals surface area contributed by atoms with Crippen molar-refractivity contribution in [3.63, 3.8) is 0 Å². The fraction of sp³-hybridized carbons (Fsp3) is 0.467. The smallest absolute Gasteiger partial charge is 0.311 e. The van der Waals surface area contributed by atoms with Crippen molar-refractivity contribution in [1.29, 1.82) is 0 Å². The van der Waals surface area contributed by atoms with Gasteiger partial charge in [0.25, 0.3) is 0 Å². The Morgan fingerprint density at radius 1 is 1.50 bits per heavy atom. The Labute approximate surface area is 119 Å². The van der Waals surface area contributed by atoms with Gasteiger partial charge in [0.2, 0.25) is 0 Å². The van der Waals surface area contributed by atoms with Gasteiger partial charge in [0.05, 0.1) is 11.5 Å². The highest BCUT2D eigenvalue weighted by atomic mass is 16.6. The minimum Gasteiger partial charge on any atom is -0.487 e. The first kappa shape index (κ1) is 16.0. The van der Waals surface area contributed by atoms with Crippen LogP contribution in [0.25, 0.3) is 0 Å². The average molecular weight is 276 g/mol. The lowest BCUT2D eigenvalue weighted by molar-refractivity contribution is -0.385. The summed E-state index contributed by atoms with van der Waals surface area (Å²) in [5.74, 6) is 2.80. The molecular weight excluding hydrogens is 256 g/mol. The second-order valence-electron chi connectivity index (χ2n) is 4.75. The summed E-state index contributed by atoms with van der Waals surface area (Å²) in [6.07, 6.45) is 6.43. The Morgan fingerprint density at radius 2 is 2.25 bits per heavy atom. The van der Waals surface area contributed by atoms with Crippen LogP contribution in [-0.4, -0.2) is 17.6 Å². The summed E-state index contributed by atoms with van der Waals surface area (Å²) in [4.78, 5) is 10.7. The van der Waals surface area contributed by atoms with Crippen LogP contribution in [0.3, 0.4) is 0 Å². The number of nitrogens with zero attached hydrogens (tertiary/aromatic N) is 1. The number of terminal acetylenes is 1. The van der Waals surface area contributed by atoms with E-state index in [1.807, 2.05) is 19.9 Å². The van der Waals surface area contributed by atoms with E-state index in [0.29, 0.717) is 37.8 Å². The number of nitro benzene ring substituents is 1. The maximum Gasteiger partial charge on any atom is 0.311 e. The fourth-order valence-electron chi connectivity index (χ4n) is 1.62. The highest BCUT2D eigenvalue weighted by molar-refractivity contribution is 5.48. The van der Waals surface area contributed by atoms with E-state index in [1.165, 1.54) is 0 Å². The maximum absolute atomic E-state index is 11.1. The van der Waals surface area contributed by atoms with Crippen molar-refractivity contribution in [3.05, 3.63) is 33.9 Å². The molecule has 0 atom stereocenters. The molecule has 1 aromatic rings. The molecule has 1 aromatic carbocycles. The number of nitrogens with one attached hydrogen (secondary N) is 1. The van der Waals surface area contributed by atoms with Gasteiger partial charge in [0.15, 0.2) is 5.75 Å². The Bertz CT molecular complexity index is 492. The number of hydrogen-bond acceptors (Lipinski definition) is 4. The van der Waals surface area contributed by atoms with Crippen LogP contribution in [0, 0.1) is 22.5 Å². The summed E-state index contributed by atoms with van der Waals surface area (Å²) in [6.45, 7) is 5.03. The number of hydrogen-bond donors (Lipinski definition) is 1. The average Bonchev–Trinajstić information content (AvgIpc) is 2.41. The zero-order valence-corrected chi connectivity index (χ0v) is 11.9. The SMILES string of the molecule is C#CCCCOc1ccc(CNC(C)C)cc1[N+](=O)[O-]. The lowest BCUT2D eigenvalue weighted by Crippen LogP contribution is -2.21. The lowest BCUT2D eigenvalue weighted by atomic mass is 10.1. The van der Waals surface area contributed by atoms with Crippen LogP contribution in [0.5, 0.6) is 5.75 Å². The van der Waals surface area contributed by atoms with Crippen molar-refractivity contribution in [3.8, 4) is 18.1 Å². The Morgan fingerprint density at radius 3 is 2.85 bits per heavy atom. The molecule has 0 aliphatic rings. The predicted molar refractivity (Wildman–Crippen MR) is 78.6 cm³/mol. The molecule has 0 amide bonds. The molecular formula is C15H20N2O3. The van der Waals surface area contributed by atoms with Gasteiger partial charge < -0.3 is 10.1 Å². The van der Waals surface area contributed by atoms with Gasteiger partial charge in [-0.25, -0.2) is 0 Å². The highest BCUT2D eigenvalue weighted by Crippen LogP contribution is 2.28. The standard InChI is InChI=1S/C15H20N2O3/c1-4-5-6-9-20-15-8-7-13(11-16-12(2)3)10-14(15)17(18)19/h1,7-8,10,12,16H,5-6,9,11H2,2-3H3. The van der Waals surface area contributed by atoms with E-state index < -0.39 is 4.92 Å². The minimum atomic E-state index is -0.421. The van der Waals surface area contributed by atoms with Crippen LogP contribution in [-0.2, 0) is 6.54 Å². The van der Waals surface area contributed by atoms with Gasteiger partial charge in [-0.1, -0.05) is 19.9 Å².